The predicted molar refractivity (Wildman–Crippen MR) is 145 cm³/mol. The van der Waals surface area contributed by atoms with E-state index >= 15 is 0 Å². The monoisotopic (exact) mass is 576 g/mol. The summed E-state index contributed by atoms with van der Waals surface area (Å²) in [5.74, 6) is -2.93. The molecule has 2 aliphatic heterocycles. The number of rotatable bonds is 9. The van der Waals surface area contributed by atoms with Gasteiger partial charge in [-0.05, 0) is 63.0 Å². The SMILES string of the molecule is Nc1nc(NC2CCN(S(=O)(=O)c3ccc(CCN4CCCC4)nc3)CC2)sc1C(=O)c1c(F)cccc1F. The number of hydrogen-bond acceptors (Lipinski definition) is 9. The van der Waals surface area contributed by atoms with Gasteiger partial charge >= 0.3 is 0 Å². The number of nitrogens with zero attached hydrogens (tertiary/aromatic N) is 4. The van der Waals surface area contributed by atoms with Crippen molar-refractivity contribution in [2.45, 2.75) is 43.0 Å². The van der Waals surface area contributed by atoms with E-state index in [-0.39, 0.29) is 21.6 Å². The van der Waals surface area contributed by atoms with Crippen molar-refractivity contribution in [1.29, 1.82) is 0 Å². The summed E-state index contributed by atoms with van der Waals surface area (Å²) in [6, 6.07) is 6.50. The lowest BCUT2D eigenvalue weighted by Crippen LogP contribution is -2.42. The normalized spacial score (nSPS) is 17.5. The molecule has 13 heteroatoms. The number of benzene rings is 1. The Bertz CT molecular complexity index is 1410. The Morgan fingerprint density at radius 1 is 1.08 bits per heavy atom. The van der Waals surface area contributed by atoms with Crippen LogP contribution in [0.3, 0.4) is 0 Å². The summed E-state index contributed by atoms with van der Waals surface area (Å²) in [6.45, 7) is 3.74. The summed E-state index contributed by atoms with van der Waals surface area (Å²) in [6.07, 6.45) is 5.70. The van der Waals surface area contributed by atoms with Crippen molar-refractivity contribution in [1.82, 2.24) is 19.2 Å². The zero-order chi connectivity index (χ0) is 27.6. The topological polar surface area (TPSA) is 122 Å². The number of thiazole rings is 1. The van der Waals surface area contributed by atoms with Crippen LogP contribution < -0.4 is 11.1 Å². The minimum Gasteiger partial charge on any atom is -0.382 e. The maximum Gasteiger partial charge on any atom is 0.244 e. The Balaban J connectivity index is 1.17. The molecule has 1 aromatic carbocycles. The molecule has 0 aliphatic carbocycles. The molecular weight excluding hydrogens is 546 g/mol. The molecule has 39 heavy (non-hydrogen) atoms. The Morgan fingerprint density at radius 2 is 1.77 bits per heavy atom. The maximum atomic E-state index is 14.1. The second kappa shape index (κ2) is 11.6. The third-order valence-corrected chi connectivity index (χ3v) is 10.0. The number of nitrogens with one attached hydrogen (secondary N) is 1. The summed E-state index contributed by atoms with van der Waals surface area (Å²) < 4.78 is 55.9. The van der Waals surface area contributed by atoms with Crippen LogP contribution in [0.15, 0.2) is 41.4 Å². The molecule has 3 N–H and O–H groups in total. The van der Waals surface area contributed by atoms with Crippen molar-refractivity contribution in [3.8, 4) is 0 Å². The van der Waals surface area contributed by atoms with Crippen molar-refractivity contribution in [2.75, 3.05) is 43.8 Å². The number of sulfonamides is 1. The molecule has 0 saturated carbocycles. The fourth-order valence-corrected chi connectivity index (χ4v) is 7.26. The van der Waals surface area contributed by atoms with Crippen LogP contribution >= 0.6 is 11.3 Å². The second-order valence-electron chi connectivity index (χ2n) is 9.77. The van der Waals surface area contributed by atoms with E-state index in [0.29, 0.717) is 31.1 Å². The fourth-order valence-electron chi connectivity index (χ4n) is 4.94. The number of ketones is 1. The zero-order valence-corrected chi connectivity index (χ0v) is 22.9. The van der Waals surface area contributed by atoms with E-state index in [2.05, 4.69) is 20.2 Å². The number of halogens is 2. The number of aromatic nitrogens is 2. The standard InChI is InChI=1S/C26H30F2N6O3S2/c27-20-4-3-5-21(28)22(20)23(35)24-25(29)32-26(38-24)31-18-9-14-34(15-10-18)39(36,37)19-7-6-17(30-16-19)8-13-33-11-1-2-12-33/h3-7,16,18H,1-2,8-15,29H2,(H,31,32). The first-order valence-corrected chi connectivity index (χ1v) is 15.2. The molecule has 2 aromatic heterocycles. The number of likely N-dealkylation sites (tertiary alicyclic amines) is 1. The summed E-state index contributed by atoms with van der Waals surface area (Å²) in [7, 11) is -3.67. The molecule has 4 heterocycles. The van der Waals surface area contributed by atoms with Crippen LogP contribution in [0.5, 0.6) is 0 Å². The number of nitrogen functional groups attached to an aromatic ring is 1. The highest BCUT2D eigenvalue weighted by Crippen LogP contribution is 2.31. The van der Waals surface area contributed by atoms with Crippen LogP contribution in [0.25, 0.3) is 0 Å². The summed E-state index contributed by atoms with van der Waals surface area (Å²) in [5.41, 5.74) is 6.09. The Hall–Kier alpha value is -3.00. The van der Waals surface area contributed by atoms with Crippen molar-refractivity contribution < 1.29 is 22.0 Å². The molecule has 208 valence electrons. The first-order valence-electron chi connectivity index (χ1n) is 12.9. The molecule has 0 bridgehead atoms. The summed E-state index contributed by atoms with van der Waals surface area (Å²) in [4.78, 5) is 23.8. The molecule has 0 radical (unpaired) electrons. The van der Waals surface area contributed by atoms with E-state index in [9.17, 15) is 22.0 Å². The highest BCUT2D eigenvalue weighted by molar-refractivity contribution is 7.89. The Labute approximate surface area is 230 Å². The quantitative estimate of drug-likeness (QED) is 0.371. The molecule has 2 saturated heterocycles. The third-order valence-electron chi connectivity index (χ3n) is 7.15. The summed E-state index contributed by atoms with van der Waals surface area (Å²) >= 11 is 0.917. The van der Waals surface area contributed by atoms with Crippen LogP contribution in [0.1, 0.15) is 46.6 Å². The van der Waals surface area contributed by atoms with Gasteiger partial charge in [-0.15, -0.1) is 0 Å². The van der Waals surface area contributed by atoms with E-state index in [1.54, 1.807) is 12.1 Å². The van der Waals surface area contributed by atoms with Gasteiger partial charge in [-0.2, -0.15) is 4.31 Å². The van der Waals surface area contributed by atoms with Crippen molar-refractivity contribution in [2.24, 2.45) is 0 Å². The van der Waals surface area contributed by atoms with Gasteiger partial charge in [0.1, 0.15) is 27.2 Å². The van der Waals surface area contributed by atoms with E-state index in [1.165, 1.54) is 29.4 Å². The highest BCUT2D eigenvalue weighted by atomic mass is 32.2. The van der Waals surface area contributed by atoms with Gasteiger partial charge in [0.15, 0.2) is 5.13 Å². The number of pyridine rings is 1. The lowest BCUT2D eigenvalue weighted by molar-refractivity contribution is 0.103. The average Bonchev–Trinajstić information content (AvgIpc) is 3.57. The molecule has 0 unspecified atom stereocenters. The number of piperidine rings is 1. The van der Waals surface area contributed by atoms with Crippen LogP contribution in [-0.4, -0.2) is 72.1 Å². The maximum absolute atomic E-state index is 14.1. The number of hydrogen-bond donors (Lipinski definition) is 2. The second-order valence-corrected chi connectivity index (χ2v) is 12.7. The van der Waals surface area contributed by atoms with Gasteiger partial charge in [-0.1, -0.05) is 17.4 Å². The lowest BCUT2D eigenvalue weighted by Gasteiger charge is -2.31. The molecule has 0 spiro atoms. The Morgan fingerprint density at radius 3 is 2.41 bits per heavy atom. The van der Waals surface area contributed by atoms with Gasteiger partial charge < -0.3 is 16.0 Å². The third kappa shape index (κ3) is 6.11. The van der Waals surface area contributed by atoms with Gasteiger partial charge in [0.05, 0.1) is 5.56 Å². The van der Waals surface area contributed by atoms with Gasteiger partial charge in [-0.3, -0.25) is 9.78 Å². The van der Waals surface area contributed by atoms with Gasteiger partial charge in [0.25, 0.3) is 0 Å². The van der Waals surface area contributed by atoms with Crippen molar-refractivity contribution >= 4 is 38.1 Å². The van der Waals surface area contributed by atoms with Crippen molar-refractivity contribution in [3.05, 3.63) is 64.3 Å². The number of nitrogens with two attached hydrogens (primary N) is 1. The van der Waals surface area contributed by atoms with Crippen LogP contribution in [0.2, 0.25) is 0 Å². The van der Waals surface area contributed by atoms with Crippen molar-refractivity contribution in [3.63, 3.8) is 0 Å². The molecule has 2 fully saturated rings. The van der Waals surface area contributed by atoms with Gasteiger partial charge in [0.2, 0.25) is 15.8 Å². The van der Waals surface area contributed by atoms with Gasteiger partial charge in [-0.25, -0.2) is 22.2 Å². The van der Waals surface area contributed by atoms with E-state index in [0.717, 1.165) is 55.2 Å². The molecule has 9 nitrogen and oxygen atoms in total. The van der Waals surface area contributed by atoms with Crippen LogP contribution in [0, 0.1) is 11.6 Å². The van der Waals surface area contributed by atoms with Crippen LogP contribution in [-0.2, 0) is 16.4 Å². The number of carbonyl (C=O) groups excluding carboxylic acids is 1. The minimum atomic E-state index is -3.67. The summed E-state index contributed by atoms with van der Waals surface area (Å²) in [5, 5.41) is 3.52. The molecular formula is C26H30F2N6O3S2. The smallest absolute Gasteiger partial charge is 0.244 e. The van der Waals surface area contributed by atoms with Crippen LogP contribution in [0.4, 0.5) is 19.7 Å². The number of anilines is 2. The average molecular weight is 577 g/mol. The molecule has 3 aromatic rings. The zero-order valence-electron chi connectivity index (χ0n) is 21.3. The molecule has 0 amide bonds. The van der Waals surface area contributed by atoms with Gasteiger partial charge in [0, 0.05) is 44.0 Å². The Kier molecular flexibility index (Phi) is 8.21. The lowest BCUT2D eigenvalue weighted by atomic mass is 10.1. The highest BCUT2D eigenvalue weighted by Gasteiger charge is 2.31. The van der Waals surface area contributed by atoms with E-state index in [4.69, 9.17) is 5.73 Å². The first-order chi connectivity index (χ1) is 18.7. The number of carbonyl (C=O) groups is 1. The molecule has 5 rings (SSSR count). The fraction of sp³-hybridized carbons (Fsp3) is 0.423. The molecule has 0 atom stereocenters. The predicted octanol–water partition coefficient (Wildman–Crippen LogP) is 3.53. The first kappa shape index (κ1) is 27.6. The van der Waals surface area contributed by atoms with E-state index in [1.807, 2.05) is 0 Å². The molecule has 2 aliphatic rings. The minimum absolute atomic E-state index is 0.0575. The largest absolute Gasteiger partial charge is 0.382 e. The van der Waals surface area contributed by atoms with E-state index < -0.39 is 33.0 Å².